The molecule has 0 saturated heterocycles. The molecular weight excluding hydrogens is 286 g/mol. The Labute approximate surface area is 97.7 Å². The zero-order valence-electron chi connectivity index (χ0n) is 6.88. The lowest BCUT2D eigenvalue weighted by Gasteiger charge is -1.96. The SMILES string of the molecule is O=c1cc(-c2ccc(Br)s2)cc(Cl)[nH]1. The normalized spacial score (nSPS) is 10.4. The fourth-order valence-corrected chi connectivity index (χ4v) is 2.70. The van der Waals surface area contributed by atoms with E-state index in [0.29, 0.717) is 5.15 Å². The molecule has 0 bridgehead atoms. The van der Waals surface area contributed by atoms with Crippen LogP contribution in [0, 0.1) is 0 Å². The number of hydrogen-bond donors (Lipinski definition) is 1. The summed E-state index contributed by atoms with van der Waals surface area (Å²) in [5, 5.41) is 0.358. The third kappa shape index (κ3) is 2.08. The highest BCUT2D eigenvalue weighted by molar-refractivity contribution is 9.11. The number of rotatable bonds is 1. The summed E-state index contributed by atoms with van der Waals surface area (Å²) in [5.74, 6) is 0. The minimum absolute atomic E-state index is 0.183. The predicted octanol–water partition coefficient (Wildman–Crippen LogP) is 3.52. The van der Waals surface area contributed by atoms with Gasteiger partial charge in [-0.1, -0.05) is 11.6 Å². The van der Waals surface area contributed by atoms with Gasteiger partial charge in [0, 0.05) is 16.5 Å². The van der Waals surface area contributed by atoms with E-state index in [4.69, 9.17) is 11.6 Å². The van der Waals surface area contributed by atoms with Gasteiger partial charge in [-0.05, 0) is 34.1 Å². The summed E-state index contributed by atoms with van der Waals surface area (Å²) in [7, 11) is 0. The Morgan fingerprint density at radius 3 is 2.71 bits per heavy atom. The van der Waals surface area contributed by atoms with Gasteiger partial charge >= 0.3 is 0 Å². The molecule has 2 rings (SSSR count). The smallest absolute Gasteiger partial charge is 0.249 e. The average Bonchev–Trinajstić information content (AvgIpc) is 2.50. The van der Waals surface area contributed by atoms with Crippen LogP contribution in [0.3, 0.4) is 0 Å². The minimum Gasteiger partial charge on any atom is -0.313 e. The van der Waals surface area contributed by atoms with Gasteiger partial charge < -0.3 is 4.98 Å². The van der Waals surface area contributed by atoms with Gasteiger partial charge in [-0.3, -0.25) is 4.79 Å². The van der Waals surface area contributed by atoms with Crippen molar-refractivity contribution in [1.29, 1.82) is 0 Å². The van der Waals surface area contributed by atoms with Crippen LogP contribution in [-0.4, -0.2) is 4.98 Å². The maximum absolute atomic E-state index is 11.1. The van der Waals surface area contributed by atoms with Crippen molar-refractivity contribution in [1.82, 2.24) is 4.98 Å². The van der Waals surface area contributed by atoms with Crippen LogP contribution in [0.15, 0.2) is 32.8 Å². The van der Waals surface area contributed by atoms with Gasteiger partial charge in [-0.2, -0.15) is 0 Å². The molecule has 0 fully saturated rings. The largest absolute Gasteiger partial charge is 0.313 e. The molecule has 72 valence electrons. The first kappa shape index (κ1) is 9.96. The van der Waals surface area contributed by atoms with Gasteiger partial charge in [0.15, 0.2) is 0 Å². The standard InChI is InChI=1S/C9H5BrClNOS/c10-7-2-1-6(14-7)5-3-8(11)12-9(13)4-5/h1-4H,(H,12,13). The first-order valence-electron chi connectivity index (χ1n) is 3.81. The maximum atomic E-state index is 11.1. The molecule has 2 nitrogen and oxygen atoms in total. The number of aromatic nitrogens is 1. The molecule has 5 heteroatoms. The van der Waals surface area contributed by atoms with E-state index in [1.54, 1.807) is 17.4 Å². The third-order valence-corrected chi connectivity index (χ3v) is 3.55. The zero-order chi connectivity index (χ0) is 10.1. The molecule has 0 aromatic carbocycles. The number of aromatic amines is 1. The van der Waals surface area contributed by atoms with Gasteiger partial charge in [-0.25, -0.2) is 0 Å². The third-order valence-electron chi connectivity index (χ3n) is 1.67. The van der Waals surface area contributed by atoms with Crippen molar-refractivity contribution >= 4 is 38.9 Å². The first-order valence-corrected chi connectivity index (χ1v) is 5.79. The highest BCUT2D eigenvalue weighted by Gasteiger charge is 2.03. The van der Waals surface area contributed by atoms with Crippen LogP contribution in [0.2, 0.25) is 5.15 Å². The Morgan fingerprint density at radius 1 is 1.36 bits per heavy atom. The number of pyridine rings is 1. The van der Waals surface area contributed by atoms with Crippen LogP contribution in [0.25, 0.3) is 10.4 Å². The molecule has 2 aromatic rings. The Morgan fingerprint density at radius 2 is 2.14 bits per heavy atom. The number of H-pyrrole nitrogens is 1. The highest BCUT2D eigenvalue weighted by atomic mass is 79.9. The van der Waals surface area contributed by atoms with E-state index < -0.39 is 0 Å². The Bertz CT molecular complexity index is 520. The molecule has 1 N–H and O–H groups in total. The van der Waals surface area contributed by atoms with Crippen LogP contribution in [0.5, 0.6) is 0 Å². The lowest BCUT2D eigenvalue weighted by atomic mass is 10.2. The molecule has 0 radical (unpaired) electrons. The molecule has 0 spiro atoms. The highest BCUT2D eigenvalue weighted by Crippen LogP contribution is 2.31. The maximum Gasteiger partial charge on any atom is 0.249 e. The van der Waals surface area contributed by atoms with Crippen molar-refractivity contribution in [3.63, 3.8) is 0 Å². The van der Waals surface area contributed by atoms with Crippen LogP contribution >= 0.6 is 38.9 Å². The van der Waals surface area contributed by atoms with Gasteiger partial charge in [0.25, 0.3) is 0 Å². The lowest BCUT2D eigenvalue weighted by Crippen LogP contribution is -2.03. The van der Waals surface area contributed by atoms with E-state index in [0.717, 1.165) is 14.2 Å². The second-order valence-electron chi connectivity index (χ2n) is 2.68. The van der Waals surface area contributed by atoms with Crippen molar-refractivity contribution in [2.24, 2.45) is 0 Å². The summed E-state index contributed by atoms with van der Waals surface area (Å²) in [6, 6.07) is 7.15. The molecule has 0 atom stereocenters. The predicted molar refractivity (Wildman–Crippen MR) is 63.1 cm³/mol. The van der Waals surface area contributed by atoms with Crippen molar-refractivity contribution in [3.8, 4) is 10.4 Å². The molecule has 0 unspecified atom stereocenters. The van der Waals surface area contributed by atoms with E-state index in [-0.39, 0.29) is 5.56 Å². The Balaban J connectivity index is 2.56. The van der Waals surface area contributed by atoms with Gasteiger partial charge in [-0.15, -0.1) is 11.3 Å². The number of thiophene rings is 1. The first-order chi connectivity index (χ1) is 6.65. The average molecular weight is 291 g/mol. The molecule has 14 heavy (non-hydrogen) atoms. The van der Waals surface area contributed by atoms with E-state index in [1.165, 1.54) is 6.07 Å². The number of hydrogen-bond acceptors (Lipinski definition) is 2. The number of nitrogens with one attached hydrogen (secondary N) is 1. The fraction of sp³-hybridized carbons (Fsp3) is 0. The van der Waals surface area contributed by atoms with Gasteiger partial charge in [0.05, 0.1) is 3.79 Å². The van der Waals surface area contributed by atoms with Gasteiger partial charge in [0.2, 0.25) is 5.56 Å². The monoisotopic (exact) mass is 289 g/mol. The second-order valence-corrected chi connectivity index (χ2v) is 5.56. The lowest BCUT2D eigenvalue weighted by molar-refractivity contribution is 1.24. The number of halogens is 2. The molecule has 0 aliphatic rings. The van der Waals surface area contributed by atoms with Crippen LogP contribution in [-0.2, 0) is 0 Å². The summed E-state index contributed by atoms with van der Waals surface area (Å²) < 4.78 is 1.03. The topological polar surface area (TPSA) is 32.9 Å². The van der Waals surface area contributed by atoms with Crippen LogP contribution < -0.4 is 5.56 Å². The summed E-state index contributed by atoms with van der Waals surface area (Å²) in [4.78, 5) is 14.7. The molecule has 2 aromatic heterocycles. The quantitative estimate of drug-likeness (QED) is 0.801. The molecule has 0 saturated carbocycles. The van der Waals surface area contributed by atoms with E-state index in [1.807, 2.05) is 12.1 Å². The Hall–Kier alpha value is -0.580. The summed E-state index contributed by atoms with van der Waals surface area (Å²) in [6.45, 7) is 0. The molecule has 0 aliphatic heterocycles. The fourth-order valence-electron chi connectivity index (χ4n) is 1.12. The van der Waals surface area contributed by atoms with E-state index >= 15 is 0 Å². The van der Waals surface area contributed by atoms with Crippen molar-refractivity contribution in [2.45, 2.75) is 0 Å². The van der Waals surface area contributed by atoms with Crippen LogP contribution in [0.4, 0.5) is 0 Å². The molecule has 0 amide bonds. The van der Waals surface area contributed by atoms with E-state index in [2.05, 4.69) is 20.9 Å². The van der Waals surface area contributed by atoms with E-state index in [9.17, 15) is 4.79 Å². The minimum atomic E-state index is -0.183. The molecular formula is C9H5BrClNOS. The molecule has 2 heterocycles. The zero-order valence-corrected chi connectivity index (χ0v) is 10.0. The van der Waals surface area contributed by atoms with Crippen LogP contribution in [0.1, 0.15) is 0 Å². The summed E-state index contributed by atoms with van der Waals surface area (Å²) in [5.41, 5.74) is 0.659. The summed E-state index contributed by atoms with van der Waals surface area (Å²) >= 11 is 10.7. The Kier molecular flexibility index (Phi) is 2.76. The summed E-state index contributed by atoms with van der Waals surface area (Å²) in [6.07, 6.45) is 0. The second kappa shape index (κ2) is 3.88. The van der Waals surface area contributed by atoms with Crippen molar-refractivity contribution < 1.29 is 0 Å². The van der Waals surface area contributed by atoms with Crippen molar-refractivity contribution in [2.75, 3.05) is 0 Å². The van der Waals surface area contributed by atoms with Crippen molar-refractivity contribution in [3.05, 3.63) is 43.6 Å². The van der Waals surface area contributed by atoms with Gasteiger partial charge in [0.1, 0.15) is 5.15 Å². The molecule has 0 aliphatic carbocycles.